The Morgan fingerprint density at radius 3 is 2.57 bits per heavy atom. The van der Waals surface area contributed by atoms with Crippen molar-refractivity contribution in [2.45, 2.75) is 106 Å². The number of fused-ring (bicyclic) bond motifs is 1. The minimum absolute atomic E-state index is 0.0398. The highest BCUT2D eigenvalue weighted by Crippen LogP contribution is 2.53. The number of nitro groups is 1. The van der Waals surface area contributed by atoms with Crippen molar-refractivity contribution < 1.29 is 32.7 Å². The summed E-state index contributed by atoms with van der Waals surface area (Å²) >= 11 is 1.19. The van der Waals surface area contributed by atoms with Gasteiger partial charge in [0.05, 0.1) is 41.5 Å². The molecule has 1 atom stereocenters. The molecule has 4 fully saturated rings. The summed E-state index contributed by atoms with van der Waals surface area (Å²) in [5, 5.41) is 23.3. The van der Waals surface area contributed by atoms with E-state index in [-0.39, 0.29) is 33.7 Å². The minimum Gasteiger partial charge on any atom is -0.455 e. The average Bonchev–Trinajstić information content (AvgIpc) is 3.76. The highest BCUT2D eigenvalue weighted by atomic mass is 32.2. The average molecular weight is 924 g/mol. The number of aromatic nitrogens is 3. The Balaban J connectivity index is 0.898. The fourth-order valence-electron chi connectivity index (χ4n) is 10.3. The number of aliphatic hydroxyl groups is 1. The predicted molar refractivity (Wildman–Crippen MR) is 249 cm³/mol. The molecule has 0 bridgehead atoms. The molecule has 3 N–H and O–H groups in total. The monoisotopic (exact) mass is 923 g/mol. The number of nitrogens with zero attached hydrogens (tertiary/aromatic N) is 5. The van der Waals surface area contributed by atoms with Crippen molar-refractivity contribution in [3.8, 4) is 11.5 Å². The number of anilines is 1. The number of carbonyl (C=O) groups is 1. The molecule has 9 rings (SSSR count). The minimum atomic E-state index is -4.61. The zero-order valence-corrected chi connectivity index (χ0v) is 38.7. The van der Waals surface area contributed by atoms with Crippen LogP contribution in [-0.4, -0.2) is 94.5 Å². The summed E-state index contributed by atoms with van der Waals surface area (Å²) in [7, 11) is -4.61. The first-order valence-corrected chi connectivity index (χ1v) is 25.1. The van der Waals surface area contributed by atoms with E-state index in [1.165, 1.54) is 29.1 Å². The van der Waals surface area contributed by atoms with Crippen molar-refractivity contribution in [2.24, 2.45) is 11.3 Å². The lowest BCUT2D eigenvalue weighted by Gasteiger charge is -2.57. The molecule has 1 amide bonds. The number of sulfonamides is 1. The predicted octanol–water partition coefficient (Wildman–Crippen LogP) is 8.76. The molecule has 15 nitrogen and oxygen atoms in total. The van der Waals surface area contributed by atoms with Gasteiger partial charge in [0.15, 0.2) is 5.03 Å². The second kappa shape index (κ2) is 18.3. The van der Waals surface area contributed by atoms with Crippen LogP contribution in [0.15, 0.2) is 89.2 Å². The van der Waals surface area contributed by atoms with Gasteiger partial charge in [-0.3, -0.25) is 19.8 Å². The molecule has 2 aliphatic carbocycles. The maximum Gasteiger partial charge on any atom is 0.302 e. The van der Waals surface area contributed by atoms with Gasteiger partial charge in [-0.15, -0.1) is 0 Å². The molecule has 2 saturated carbocycles. The number of hydrogen-bond donors (Lipinski definition) is 3. The lowest BCUT2D eigenvalue weighted by molar-refractivity contribution is -0.388. The van der Waals surface area contributed by atoms with Crippen molar-refractivity contribution in [3.63, 3.8) is 0 Å². The lowest BCUT2D eigenvalue weighted by Crippen LogP contribution is -2.58. The second-order valence-electron chi connectivity index (χ2n) is 19.0. The number of nitrogens with one attached hydrogen (secondary N) is 2. The third-order valence-electron chi connectivity index (χ3n) is 14.1. The van der Waals surface area contributed by atoms with Gasteiger partial charge in [-0.2, -0.15) is 0 Å². The number of hydrogen-bond acceptors (Lipinski definition) is 13. The molecule has 5 heterocycles. The molecule has 0 unspecified atom stereocenters. The summed E-state index contributed by atoms with van der Waals surface area (Å²) in [5.41, 5.74) is 3.31. The van der Waals surface area contributed by atoms with Crippen molar-refractivity contribution in [1.82, 2.24) is 24.6 Å². The van der Waals surface area contributed by atoms with E-state index in [0.29, 0.717) is 48.6 Å². The smallest absolute Gasteiger partial charge is 0.302 e. The molecular formula is C48H57N7O8S2. The Bertz CT molecular complexity index is 2660. The van der Waals surface area contributed by atoms with Gasteiger partial charge in [-0.25, -0.2) is 23.1 Å². The third kappa shape index (κ3) is 9.75. The van der Waals surface area contributed by atoms with Gasteiger partial charge >= 0.3 is 5.69 Å². The van der Waals surface area contributed by atoms with Crippen LogP contribution in [0.2, 0.25) is 0 Å². The normalized spacial score (nSPS) is 22.8. The van der Waals surface area contributed by atoms with Gasteiger partial charge in [0, 0.05) is 67.0 Å². The Hall–Kier alpha value is -5.07. The second-order valence-corrected chi connectivity index (χ2v) is 21.7. The zero-order valence-electron chi connectivity index (χ0n) is 37.1. The van der Waals surface area contributed by atoms with E-state index in [1.807, 2.05) is 13.0 Å². The Kier molecular flexibility index (Phi) is 12.7. The number of pyridine rings is 2. The Labute approximate surface area is 383 Å². The standard InChI is InChI=1S/C48H57N7O8S2/c1-31(2)38-6-4-5-7-39(38)42-29-62-21-20-54(42)35-25-48(26-35)15-18-53(19-16-48)34-8-9-40(43(23-34)63-36-22-33-12-17-49-44(33)50-27-36)45(56)52-65(60,61)37-24-41(55(58)59)46(51-28-37)64-30-32-10-13-47(3,57)14-11-32/h4-9,12,17,22-24,27-28,31-32,35,42,57H,10-11,13-16,18-21,25-26,29-30H2,1-3H3,(H,49,50)(H,52,56)/t32-,42-,47-/m1/s1. The van der Waals surface area contributed by atoms with E-state index in [1.54, 1.807) is 30.5 Å². The Morgan fingerprint density at radius 1 is 1.05 bits per heavy atom. The van der Waals surface area contributed by atoms with E-state index in [4.69, 9.17) is 9.47 Å². The first-order valence-electron chi connectivity index (χ1n) is 22.6. The number of piperidine rings is 1. The maximum atomic E-state index is 14.0. The summed E-state index contributed by atoms with van der Waals surface area (Å²) in [6.45, 7) is 10.3. The van der Waals surface area contributed by atoms with Crippen LogP contribution in [-0.2, 0) is 14.8 Å². The van der Waals surface area contributed by atoms with Crippen LogP contribution >= 0.6 is 11.8 Å². The van der Waals surface area contributed by atoms with Crippen molar-refractivity contribution >= 4 is 50.1 Å². The number of morpholine rings is 1. The molecular weight excluding hydrogens is 867 g/mol. The fraction of sp³-hybridized carbons (Fsp3) is 0.479. The van der Waals surface area contributed by atoms with E-state index in [9.17, 15) is 28.4 Å². The largest absolute Gasteiger partial charge is 0.455 e. The SMILES string of the molecule is CC(C)c1ccccc1[C@H]1COCCN1C1CC2(CCN(c3ccc(C(=O)NS(=O)(=O)c4cnc(SC[C@H]5CC[C@](C)(O)CC5)c([N+](=O)[O-])c4)c(Oc4cnc5[nH]ccc5c4)c3)CC2)C1. The van der Waals surface area contributed by atoms with Crippen LogP contribution in [0.5, 0.6) is 11.5 Å². The number of aromatic amines is 1. The van der Waals surface area contributed by atoms with Gasteiger partial charge in [0.2, 0.25) is 0 Å². The van der Waals surface area contributed by atoms with Gasteiger partial charge in [0.1, 0.15) is 22.0 Å². The quantitative estimate of drug-likeness (QED) is 0.0577. The molecule has 3 aromatic heterocycles. The molecule has 5 aromatic rings. The summed E-state index contributed by atoms with van der Waals surface area (Å²) in [5.74, 6) is 0.739. The van der Waals surface area contributed by atoms with Gasteiger partial charge in [-0.05, 0) is 111 Å². The van der Waals surface area contributed by atoms with Crippen molar-refractivity contribution in [3.05, 3.63) is 106 Å². The molecule has 2 aromatic carbocycles. The van der Waals surface area contributed by atoms with Crippen LogP contribution in [0.25, 0.3) is 11.0 Å². The summed E-state index contributed by atoms with van der Waals surface area (Å²) in [6.07, 6.45) is 11.5. The van der Waals surface area contributed by atoms with Crippen LogP contribution in [0.4, 0.5) is 11.4 Å². The molecule has 4 aliphatic rings. The van der Waals surface area contributed by atoms with E-state index in [2.05, 4.69) is 67.6 Å². The van der Waals surface area contributed by atoms with Crippen molar-refractivity contribution in [2.75, 3.05) is 43.5 Å². The summed E-state index contributed by atoms with van der Waals surface area (Å²) < 4.78 is 41.9. The topological polar surface area (TPSA) is 193 Å². The number of carbonyl (C=O) groups excluding carboxylic acids is 1. The number of amides is 1. The number of ether oxygens (including phenoxy) is 2. The highest BCUT2D eigenvalue weighted by Gasteiger charge is 2.50. The zero-order chi connectivity index (χ0) is 45.5. The van der Waals surface area contributed by atoms with E-state index >= 15 is 0 Å². The molecule has 0 radical (unpaired) electrons. The first-order chi connectivity index (χ1) is 31.2. The molecule has 1 spiro atoms. The molecule has 17 heteroatoms. The van der Waals surface area contributed by atoms with Crippen LogP contribution < -0.4 is 14.4 Å². The van der Waals surface area contributed by atoms with Gasteiger partial charge in [0.25, 0.3) is 15.9 Å². The maximum absolute atomic E-state index is 14.0. The van der Waals surface area contributed by atoms with Crippen LogP contribution in [0.1, 0.15) is 106 Å². The fourth-order valence-corrected chi connectivity index (χ4v) is 12.3. The summed E-state index contributed by atoms with van der Waals surface area (Å²) in [6, 6.07) is 19.2. The van der Waals surface area contributed by atoms with E-state index in [0.717, 1.165) is 88.1 Å². The molecule has 344 valence electrons. The lowest BCUT2D eigenvalue weighted by atomic mass is 9.59. The molecule has 2 aliphatic heterocycles. The van der Waals surface area contributed by atoms with Gasteiger partial charge in [-0.1, -0.05) is 49.9 Å². The number of benzene rings is 2. The number of rotatable bonds is 13. The number of H-pyrrole nitrogens is 1. The van der Waals surface area contributed by atoms with Crippen LogP contribution in [0, 0.1) is 21.4 Å². The third-order valence-corrected chi connectivity index (χ3v) is 16.7. The first kappa shape index (κ1) is 45.1. The van der Waals surface area contributed by atoms with Gasteiger partial charge < -0.3 is 24.5 Å². The summed E-state index contributed by atoms with van der Waals surface area (Å²) in [4.78, 5) is 41.6. The Morgan fingerprint density at radius 2 is 1.82 bits per heavy atom. The molecule has 65 heavy (non-hydrogen) atoms. The highest BCUT2D eigenvalue weighted by molar-refractivity contribution is 7.99. The van der Waals surface area contributed by atoms with E-state index < -0.39 is 37.0 Å². The molecule has 2 saturated heterocycles. The number of thioether (sulfide) groups is 1. The van der Waals surface area contributed by atoms with Crippen LogP contribution in [0.3, 0.4) is 0 Å². The van der Waals surface area contributed by atoms with Crippen molar-refractivity contribution in [1.29, 1.82) is 0 Å².